The highest BCUT2D eigenvalue weighted by Crippen LogP contribution is 2.40. The molecule has 2 aromatic rings. The number of rotatable bonds is 3. The van der Waals surface area contributed by atoms with Gasteiger partial charge in [-0.15, -0.1) is 0 Å². The van der Waals surface area contributed by atoms with Gasteiger partial charge in [-0.05, 0) is 11.6 Å². The molecule has 0 heterocycles. The van der Waals surface area contributed by atoms with Crippen molar-refractivity contribution in [3.8, 4) is 5.75 Å². The first-order valence-corrected chi connectivity index (χ1v) is 7.23. The molecule has 0 saturated carbocycles. The molecule has 6 heteroatoms. The summed E-state index contributed by atoms with van der Waals surface area (Å²) in [5.41, 5.74) is 0.345. The molecule has 0 aromatic heterocycles. The van der Waals surface area contributed by atoms with E-state index in [1.807, 2.05) is 0 Å². The first kappa shape index (κ1) is 15.5. The molecule has 0 N–H and O–H groups in total. The smallest absolute Gasteiger partial charge is 0.134 e. The van der Waals surface area contributed by atoms with Crippen molar-refractivity contribution in [2.24, 2.45) is 0 Å². The summed E-state index contributed by atoms with van der Waals surface area (Å²) < 4.78 is 32.9. The van der Waals surface area contributed by atoms with E-state index in [0.717, 1.165) is 12.1 Å². The van der Waals surface area contributed by atoms with Crippen LogP contribution in [0.5, 0.6) is 5.75 Å². The van der Waals surface area contributed by atoms with Crippen LogP contribution in [-0.4, -0.2) is 7.11 Å². The lowest BCUT2D eigenvalue weighted by Gasteiger charge is -2.15. The summed E-state index contributed by atoms with van der Waals surface area (Å²) in [6.07, 6.45) is 0. The van der Waals surface area contributed by atoms with Crippen LogP contribution in [0.3, 0.4) is 0 Å². The van der Waals surface area contributed by atoms with Crippen LogP contribution in [-0.2, 0) is 0 Å². The van der Waals surface area contributed by atoms with Gasteiger partial charge in [0.2, 0.25) is 0 Å². The Balaban J connectivity index is 2.54. The number of alkyl halides is 1. The maximum atomic E-state index is 14.0. The lowest BCUT2D eigenvalue weighted by Crippen LogP contribution is -2.02. The van der Waals surface area contributed by atoms with E-state index in [1.54, 1.807) is 18.2 Å². The van der Waals surface area contributed by atoms with Gasteiger partial charge in [-0.25, -0.2) is 8.78 Å². The molecule has 2 aromatic carbocycles. The van der Waals surface area contributed by atoms with E-state index in [0.29, 0.717) is 10.6 Å². The molecular weight excluding hydrogens is 373 g/mol. The Hall–Kier alpha value is -0.840. The minimum Gasteiger partial charge on any atom is -0.497 e. The third-order valence-electron chi connectivity index (χ3n) is 2.80. The van der Waals surface area contributed by atoms with Gasteiger partial charge in [-0.2, -0.15) is 0 Å². The predicted molar refractivity (Wildman–Crippen MR) is 80.1 cm³/mol. The molecule has 0 fully saturated rings. The highest BCUT2D eigenvalue weighted by Gasteiger charge is 2.23. The maximum absolute atomic E-state index is 14.0. The Bertz CT molecular complexity index is 626. The Morgan fingerprint density at radius 2 is 1.75 bits per heavy atom. The van der Waals surface area contributed by atoms with E-state index in [9.17, 15) is 8.78 Å². The third-order valence-corrected chi connectivity index (χ3v) is 4.58. The molecular formula is C14H9BrCl2F2O. The molecule has 0 aliphatic heterocycles. The molecule has 0 amide bonds. The van der Waals surface area contributed by atoms with Crippen LogP contribution in [0.4, 0.5) is 8.78 Å². The predicted octanol–water partition coefficient (Wildman–Crippen LogP) is 5.76. The van der Waals surface area contributed by atoms with Crippen molar-refractivity contribution < 1.29 is 13.5 Å². The van der Waals surface area contributed by atoms with Crippen LogP contribution in [0.2, 0.25) is 10.0 Å². The summed E-state index contributed by atoms with van der Waals surface area (Å²) in [5, 5.41) is 0.577. The van der Waals surface area contributed by atoms with Crippen LogP contribution in [0.25, 0.3) is 0 Å². The van der Waals surface area contributed by atoms with E-state index in [4.69, 9.17) is 27.9 Å². The highest BCUT2D eigenvalue weighted by molar-refractivity contribution is 9.09. The fourth-order valence-electron chi connectivity index (χ4n) is 1.79. The zero-order chi connectivity index (χ0) is 14.9. The SMILES string of the molecule is COc1cc(F)c(C(Br)c2cccc(Cl)c2Cl)c(F)c1. The Morgan fingerprint density at radius 1 is 1.15 bits per heavy atom. The number of methoxy groups -OCH3 is 1. The van der Waals surface area contributed by atoms with Crippen LogP contribution >= 0.6 is 39.1 Å². The van der Waals surface area contributed by atoms with Gasteiger partial charge in [0.05, 0.1) is 22.0 Å². The monoisotopic (exact) mass is 380 g/mol. The maximum Gasteiger partial charge on any atom is 0.134 e. The number of ether oxygens (including phenoxy) is 1. The Morgan fingerprint density at radius 3 is 2.30 bits per heavy atom. The summed E-state index contributed by atoms with van der Waals surface area (Å²) in [6, 6.07) is 7.15. The fourth-order valence-corrected chi connectivity index (χ4v) is 3.16. The van der Waals surface area contributed by atoms with Crippen molar-refractivity contribution in [2.75, 3.05) is 7.11 Å². The first-order chi connectivity index (χ1) is 9.45. The summed E-state index contributed by atoms with van der Waals surface area (Å²) in [6.45, 7) is 0. The van der Waals surface area contributed by atoms with Crippen LogP contribution in [0.1, 0.15) is 16.0 Å². The van der Waals surface area contributed by atoms with Gasteiger partial charge in [0.15, 0.2) is 0 Å². The third kappa shape index (κ3) is 2.92. The van der Waals surface area contributed by atoms with Gasteiger partial charge in [-0.1, -0.05) is 51.3 Å². The van der Waals surface area contributed by atoms with Gasteiger partial charge in [0, 0.05) is 17.7 Å². The van der Waals surface area contributed by atoms with E-state index in [2.05, 4.69) is 15.9 Å². The molecule has 0 bridgehead atoms. The number of hydrogen-bond donors (Lipinski definition) is 0. The summed E-state index contributed by atoms with van der Waals surface area (Å²) in [4.78, 5) is -0.750. The topological polar surface area (TPSA) is 9.23 Å². The zero-order valence-electron chi connectivity index (χ0n) is 10.3. The zero-order valence-corrected chi connectivity index (χ0v) is 13.4. The van der Waals surface area contributed by atoms with E-state index < -0.39 is 16.5 Å². The van der Waals surface area contributed by atoms with Crippen molar-refractivity contribution in [1.29, 1.82) is 0 Å². The lowest BCUT2D eigenvalue weighted by atomic mass is 10.0. The summed E-state index contributed by atoms with van der Waals surface area (Å²) in [5.74, 6) is -1.33. The molecule has 0 saturated heterocycles. The molecule has 1 unspecified atom stereocenters. The second kappa shape index (κ2) is 6.29. The molecule has 1 atom stereocenters. The first-order valence-electron chi connectivity index (χ1n) is 5.56. The fraction of sp³-hybridized carbons (Fsp3) is 0.143. The minimum atomic E-state index is -0.750. The summed E-state index contributed by atoms with van der Waals surface area (Å²) >= 11 is 15.2. The number of halogens is 5. The molecule has 1 nitrogen and oxygen atoms in total. The van der Waals surface area contributed by atoms with E-state index >= 15 is 0 Å². The van der Waals surface area contributed by atoms with Crippen molar-refractivity contribution in [3.05, 3.63) is 63.1 Å². The second-order valence-electron chi connectivity index (χ2n) is 4.01. The molecule has 0 radical (unpaired) electrons. The minimum absolute atomic E-state index is 0.112. The Kier molecular flexibility index (Phi) is 4.89. The number of hydrogen-bond acceptors (Lipinski definition) is 1. The van der Waals surface area contributed by atoms with Gasteiger partial charge in [-0.3, -0.25) is 0 Å². The van der Waals surface area contributed by atoms with Crippen molar-refractivity contribution in [1.82, 2.24) is 0 Å². The van der Waals surface area contributed by atoms with Crippen LogP contribution in [0, 0.1) is 11.6 Å². The van der Waals surface area contributed by atoms with Crippen LogP contribution in [0.15, 0.2) is 30.3 Å². The van der Waals surface area contributed by atoms with Gasteiger partial charge in [0.25, 0.3) is 0 Å². The van der Waals surface area contributed by atoms with E-state index in [-0.39, 0.29) is 16.3 Å². The van der Waals surface area contributed by atoms with Crippen molar-refractivity contribution in [2.45, 2.75) is 4.83 Å². The molecule has 0 aliphatic rings. The standard InChI is InChI=1S/C14H9BrCl2F2O/c1-20-7-5-10(18)12(11(19)6-7)13(15)8-3-2-4-9(16)14(8)17/h2-6,13H,1H3. The lowest BCUT2D eigenvalue weighted by molar-refractivity contribution is 0.405. The van der Waals surface area contributed by atoms with Gasteiger partial charge < -0.3 is 4.74 Å². The molecule has 20 heavy (non-hydrogen) atoms. The highest BCUT2D eigenvalue weighted by atomic mass is 79.9. The van der Waals surface area contributed by atoms with Gasteiger partial charge >= 0.3 is 0 Å². The summed E-state index contributed by atoms with van der Waals surface area (Å²) in [7, 11) is 1.34. The molecule has 0 aliphatic carbocycles. The average molecular weight is 382 g/mol. The average Bonchev–Trinajstić information content (AvgIpc) is 2.40. The molecule has 106 valence electrons. The normalized spacial score (nSPS) is 12.3. The number of benzene rings is 2. The van der Waals surface area contributed by atoms with Crippen molar-refractivity contribution >= 4 is 39.1 Å². The van der Waals surface area contributed by atoms with Crippen molar-refractivity contribution in [3.63, 3.8) is 0 Å². The molecule has 2 rings (SSSR count). The molecule has 0 spiro atoms. The largest absolute Gasteiger partial charge is 0.497 e. The van der Waals surface area contributed by atoms with Crippen LogP contribution < -0.4 is 4.74 Å². The second-order valence-corrected chi connectivity index (χ2v) is 5.71. The van der Waals surface area contributed by atoms with Gasteiger partial charge in [0.1, 0.15) is 17.4 Å². The van der Waals surface area contributed by atoms with E-state index in [1.165, 1.54) is 7.11 Å². The quantitative estimate of drug-likeness (QED) is 0.613. The Labute approximate surface area is 133 Å².